The maximum absolute atomic E-state index is 14.2. The van der Waals surface area contributed by atoms with Crippen LogP contribution in [0.25, 0.3) is 10.9 Å². The summed E-state index contributed by atoms with van der Waals surface area (Å²) in [4.78, 5) is 58.0. The third-order valence-corrected chi connectivity index (χ3v) is 8.90. The number of rotatable bonds is 8. The van der Waals surface area contributed by atoms with Crippen molar-refractivity contribution in [1.29, 1.82) is 0 Å². The van der Waals surface area contributed by atoms with Crippen LogP contribution in [-0.2, 0) is 14.4 Å². The number of likely N-dealkylation sites (tertiary alicyclic amines) is 1. The lowest BCUT2D eigenvalue weighted by Crippen LogP contribution is -2.59. The molecule has 1 aliphatic heterocycles. The zero-order valence-electron chi connectivity index (χ0n) is 23.1. The molecule has 5 rings (SSSR count). The van der Waals surface area contributed by atoms with Gasteiger partial charge in [-0.05, 0) is 65.7 Å². The van der Waals surface area contributed by atoms with Crippen molar-refractivity contribution < 1.29 is 23.6 Å². The van der Waals surface area contributed by atoms with E-state index >= 15 is 0 Å². The number of carbonyl (C=O) groups is 4. The second-order valence-corrected chi connectivity index (χ2v) is 13.0. The maximum Gasteiger partial charge on any atom is 0.268 e. The molecule has 3 amide bonds. The average molecular weight is 537 g/mol. The Balaban J connectivity index is 1.38. The fraction of sp³-hybridized carbons (Fsp3) is 0.533. The van der Waals surface area contributed by atoms with Crippen LogP contribution >= 0.6 is 0 Å². The van der Waals surface area contributed by atoms with Gasteiger partial charge in [-0.1, -0.05) is 47.3 Å². The van der Waals surface area contributed by atoms with Gasteiger partial charge >= 0.3 is 0 Å². The van der Waals surface area contributed by atoms with E-state index in [1.54, 1.807) is 17.0 Å². The number of benzene rings is 1. The molecular formula is C30H37FN4O4. The van der Waals surface area contributed by atoms with Crippen LogP contribution in [-0.4, -0.2) is 58.1 Å². The van der Waals surface area contributed by atoms with Crippen molar-refractivity contribution in [3.8, 4) is 0 Å². The minimum Gasteiger partial charge on any atom is -0.350 e. The summed E-state index contributed by atoms with van der Waals surface area (Å²) in [6.07, 6.45) is 2.80. The van der Waals surface area contributed by atoms with Gasteiger partial charge in [-0.3, -0.25) is 19.2 Å². The van der Waals surface area contributed by atoms with Crippen LogP contribution in [0.3, 0.4) is 0 Å². The summed E-state index contributed by atoms with van der Waals surface area (Å²) in [5, 5.41) is 6.09. The van der Waals surface area contributed by atoms with Crippen LogP contribution < -0.4 is 10.6 Å². The van der Waals surface area contributed by atoms with E-state index in [1.165, 1.54) is 18.2 Å². The monoisotopic (exact) mass is 536 g/mol. The summed E-state index contributed by atoms with van der Waals surface area (Å²) >= 11 is 0. The zero-order valence-corrected chi connectivity index (χ0v) is 23.1. The Morgan fingerprint density at radius 1 is 1.18 bits per heavy atom. The Labute approximate surface area is 227 Å². The number of H-pyrrole nitrogens is 1. The molecule has 9 heteroatoms. The molecule has 2 aliphatic carbocycles. The number of hydrogen-bond donors (Lipinski definition) is 3. The topological polar surface area (TPSA) is 111 Å². The number of nitrogens with one attached hydrogen (secondary N) is 3. The second kappa shape index (κ2) is 9.31. The van der Waals surface area contributed by atoms with Gasteiger partial charge in [0.1, 0.15) is 23.6 Å². The van der Waals surface area contributed by atoms with Gasteiger partial charge < -0.3 is 20.5 Å². The van der Waals surface area contributed by atoms with Gasteiger partial charge in [-0.2, -0.15) is 0 Å². The zero-order chi connectivity index (χ0) is 28.4. The molecule has 1 aromatic carbocycles. The van der Waals surface area contributed by atoms with Crippen molar-refractivity contribution in [3.05, 3.63) is 48.4 Å². The van der Waals surface area contributed by atoms with E-state index in [0.29, 0.717) is 17.4 Å². The van der Waals surface area contributed by atoms with Crippen molar-refractivity contribution in [1.82, 2.24) is 20.5 Å². The summed E-state index contributed by atoms with van der Waals surface area (Å²) < 4.78 is 14.2. The quantitative estimate of drug-likeness (QED) is 0.448. The number of carbonyl (C=O) groups excluding carboxylic acids is 4. The predicted molar refractivity (Wildman–Crippen MR) is 145 cm³/mol. The first-order valence-corrected chi connectivity index (χ1v) is 13.6. The number of halogens is 1. The van der Waals surface area contributed by atoms with Crippen LogP contribution in [0.5, 0.6) is 0 Å². The number of amides is 3. The highest BCUT2D eigenvalue weighted by molar-refractivity contribution is 6.02. The summed E-state index contributed by atoms with van der Waals surface area (Å²) in [6, 6.07) is 3.71. The molecule has 39 heavy (non-hydrogen) atoms. The number of hydrogen-bond acceptors (Lipinski definition) is 4. The normalized spacial score (nSPS) is 25.0. The van der Waals surface area contributed by atoms with E-state index in [4.69, 9.17) is 0 Å². The van der Waals surface area contributed by atoms with Gasteiger partial charge in [-0.25, -0.2) is 4.39 Å². The first kappa shape index (κ1) is 27.1. The van der Waals surface area contributed by atoms with Crippen molar-refractivity contribution in [2.45, 2.75) is 65.6 Å². The van der Waals surface area contributed by atoms with Crippen LogP contribution in [0.15, 0.2) is 36.9 Å². The van der Waals surface area contributed by atoms with Crippen molar-refractivity contribution >= 4 is 34.4 Å². The minimum atomic E-state index is -0.794. The fourth-order valence-electron chi connectivity index (χ4n) is 6.32. The highest BCUT2D eigenvalue weighted by Crippen LogP contribution is 2.65. The molecule has 1 saturated heterocycles. The fourth-order valence-corrected chi connectivity index (χ4v) is 6.32. The number of piperidine rings is 1. The number of fused-ring (bicyclic) bond motifs is 2. The van der Waals surface area contributed by atoms with Gasteiger partial charge in [-0.15, -0.1) is 0 Å². The third kappa shape index (κ3) is 4.76. The van der Waals surface area contributed by atoms with Gasteiger partial charge in [0, 0.05) is 17.4 Å². The van der Waals surface area contributed by atoms with E-state index < -0.39 is 35.3 Å². The number of nitrogens with zero attached hydrogens (tertiary/aromatic N) is 1. The number of ketones is 1. The molecule has 5 atom stereocenters. The SMILES string of the molecule is C=CC(=O)C(NC(=O)[C@@H]1[C@@H]2[C@H](CN1C(=O)C(NC(=O)c1cc3c(F)cccc3[nH]1)C1CC1)C2(C)C)C(C)(C)C. The Kier molecular flexibility index (Phi) is 6.47. The third-order valence-electron chi connectivity index (χ3n) is 8.90. The number of aromatic amines is 1. The Morgan fingerprint density at radius 2 is 1.87 bits per heavy atom. The molecule has 2 unspecified atom stereocenters. The molecule has 0 bridgehead atoms. The highest BCUT2D eigenvalue weighted by Gasteiger charge is 2.70. The van der Waals surface area contributed by atoms with Gasteiger partial charge in [0.05, 0.1) is 6.04 Å². The maximum atomic E-state index is 14.2. The molecule has 2 aromatic rings. The van der Waals surface area contributed by atoms with Crippen LogP contribution in [0, 0.1) is 34.4 Å². The Bertz CT molecular complexity index is 1370. The second-order valence-electron chi connectivity index (χ2n) is 13.0. The summed E-state index contributed by atoms with van der Waals surface area (Å²) in [6.45, 7) is 13.8. The Morgan fingerprint density at radius 3 is 2.46 bits per heavy atom. The largest absolute Gasteiger partial charge is 0.350 e. The molecule has 3 fully saturated rings. The van der Waals surface area contributed by atoms with E-state index in [-0.39, 0.29) is 46.5 Å². The lowest BCUT2D eigenvalue weighted by Gasteiger charge is -2.35. The standard InChI is InChI=1S/C30H37FN4O4/c1-7-21(36)25(29(2,3)4)34-27(38)24-22-17(30(22,5)6)14-35(24)28(39)23(15-11-12-15)33-26(37)20-13-16-18(31)9-8-10-19(16)32-20/h7-10,13,15,17,22-25,32H,1,11-12,14H2,2-6H3,(H,33,37)(H,34,38)/t17-,22-,23?,24-,25?/m0/s1. The van der Waals surface area contributed by atoms with Crippen LogP contribution in [0.4, 0.5) is 4.39 Å². The highest BCUT2D eigenvalue weighted by atomic mass is 19.1. The average Bonchev–Trinajstić information content (AvgIpc) is 3.64. The van der Waals surface area contributed by atoms with Gasteiger partial charge in [0.25, 0.3) is 5.91 Å². The number of aromatic nitrogens is 1. The van der Waals surface area contributed by atoms with E-state index in [9.17, 15) is 23.6 Å². The van der Waals surface area contributed by atoms with E-state index in [1.807, 2.05) is 20.8 Å². The molecule has 208 valence electrons. The molecule has 0 spiro atoms. The first-order valence-electron chi connectivity index (χ1n) is 13.6. The molecule has 8 nitrogen and oxygen atoms in total. The molecule has 2 heterocycles. The molecule has 3 N–H and O–H groups in total. The lowest BCUT2D eigenvalue weighted by molar-refractivity contribution is -0.143. The first-order chi connectivity index (χ1) is 18.3. The van der Waals surface area contributed by atoms with E-state index in [0.717, 1.165) is 12.8 Å². The summed E-state index contributed by atoms with van der Waals surface area (Å²) in [5.74, 6) is -1.76. The molecule has 0 radical (unpaired) electrons. The smallest absolute Gasteiger partial charge is 0.268 e. The van der Waals surface area contributed by atoms with Crippen LogP contribution in [0.2, 0.25) is 0 Å². The van der Waals surface area contributed by atoms with Gasteiger partial charge in [0.15, 0.2) is 5.78 Å². The van der Waals surface area contributed by atoms with Crippen molar-refractivity contribution in [2.75, 3.05) is 6.54 Å². The molecule has 3 aliphatic rings. The summed E-state index contributed by atoms with van der Waals surface area (Å²) in [5.41, 5.74) is 0.0153. The predicted octanol–water partition coefficient (Wildman–Crippen LogP) is 3.58. The molecular weight excluding hydrogens is 499 g/mol. The summed E-state index contributed by atoms with van der Waals surface area (Å²) in [7, 11) is 0. The van der Waals surface area contributed by atoms with Crippen molar-refractivity contribution in [2.24, 2.45) is 28.6 Å². The Hall–Kier alpha value is -3.49. The molecule has 1 aromatic heterocycles. The molecule has 2 saturated carbocycles. The van der Waals surface area contributed by atoms with Crippen molar-refractivity contribution in [3.63, 3.8) is 0 Å². The minimum absolute atomic E-state index is 0.0270. The lowest BCUT2D eigenvalue weighted by atomic mass is 9.83. The van der Waals surface area contributed by atoms with Crippen LogP contribution in [0.1, 0.15) is 57.9 Å². The van der Waals surface area contributed by atoms with E-state index in [2.05, 4.69) is 36.0 Å². The van der Waals surface area contributed by atoms with Gasteiger partial charge in [0.2, 0.25) is 11.8 Å².